The summed E-state index contributed by atoms with van der Waals surface area (Å²) in [4.78, 5) is 2.44. The van der Waals surface area contributed by atoms with Gasteiger partial charge in [-0.3, -0.25) is 0 Å². The van der Waals surface area contributed by atoms with E-state index in [-0.39, 0.29) is 0 Å². The van der Waals surface area contributed by atoms with Crippen molar-refractivity contribution in [2.75, 3.05) is 11.4 Å². The van der Waals surface area contributed by atoms with E-state index in [4.69, 9.17) is 0 Å². The van der Waals surface area contributed by atoms with Crippen LogP contribution >= 0.6 is 0 Å². The first-order valence-electron chi connectivity index (χ1n) is 22.6. The number of hydrogen-bond donors (Lipinski definition) is 0. The van der Waals surface area contributed by atoms with Gasteiger partial charge in [-0.2, -0.15) is 0 Å². The number of rotatable bonds is 7. The van der Waals surface area contributed by atoms with Crippen molar-refractivity contribution in [2.45, 2.75) is 0 Å². The van der Waals surface area contributed by atoms with Crippen LogP contribution in [0.15, 0.2) is 255 Å². The Kier molecular flexibility index (Phi) is 9.73. The number of anilines is 2. The van der Waals surface area contributed by atoms with E-state index in [2.05, 4.69) is 270 Å². The second-order valence-electron chi connectivity index (χ2n) is 17.1. The van der Waals surface area contributed by atoms with E-state index < -0.39 is 0 Å². The van der Waals surface area contributed by atoms with Crippen LogP contribution in [0, 0.1) is 0 Å². The molecule has 312 valence electrons. The molecule has 0 bridgehead atoms. The number of aromatic nitrogens is 2. The molecule has 0 N–H and O–H groups in total. The highest BCUT2D eigenvalue weighted by Gasteiger charge is 2.22. The lowest BCUT2D eigenvalue weighted by atomic mass is 9.96. The molecule has 1 aliphatic rings. The summed E-state index contributed by atoms with van der Waals surface area (Å²) in [6.07, 6.45) is 10.8. The Morgan fingerprint density at radius 2 is 0.955 bits per heavy atom. The number of benzene rings is 9. The van der Waals surface area contributed by atoms with Crippen LogP contribution in [-0.2, 0) is 0 Å². The molecule has 9 aromatic carbocycles. The zero-order valence-corrected chi connectivity index (χ0v) is 36.4. The van der Waals surface area contributed by atoms with Crippen LogP contribution in [0.4, 0.5) is 11.4 Å². The number of allylic oxidation sites excluding steroid dienone is 4. The van der Waals surface area contributed by atoms with Crippen LogP contribution in [0.1, 0.15) is 5.56 Å². The molecular formula is C63H45N3. The fourth-order valence-electron chi connectivity index (χ4n) is 9.88. The third kappa shape index (κ3) is 6.95. The molecule has 0 unspecified atom stereocenters. The highest BCUT2D eigenvalue weighted by atomic mass is 15.1. The van der Waals surface area contributed by atoms with Gasteiger partial charge in [0, 0.05) is 57.2 Å². The normalized spacial score (nSPS) is 13.6. The van der Waals surface area contributed by atoms with Crippen LogP contribution in [-0.4, -0.2) is 15.7 Å². The first kappa shape index (κ1) is 39.0. The zero-order valence-electron chi connectivity index (χ0n) is 36.4. The molecular weight excluding hydrogens is 799 g/mol. The minimum Gasteiger partial charge on any atom is -0.337 e. The summed E-state index contributed by atoms with van der Waals surface area (Å²) in [5.74, 6) is 0. The van der Waals surface area contributed by atoms with Crippen molar-refractivity contribution in [2.24, 2.45) is 0 Å². The molecule has 0 amide bonds. The molecule has 0 spiro atoms. The van der Waals surface area contributed by atoms with E-state index in [1.165, 1.54) is 55.1 Å². The maximum Gasteiger partial charge on any atom is 0.0635 e. The van der Waals surface area contributed by atoms with Gasteiger partial charge in [0.1, 0.15) is 0 Å². The minimum atomic E-state index is 0.681. The van der Waals surface area contributed by atoms with Gasteiger partial charge in [-0.1, -0.05) is 183 Å². The van der Waals surface area contributed by atoms with Gasteiger partial charge in [0.15, 0.2) is 0 Å². The van der Waals surface area contributed by atoms with Crippen LogP contribution in [0.3, 0.4) is 0 Å². The third-order valence-electron chi connectivity index (χ3n) is 13.1. The lowest BCUT2D eigenvalue weighted by Gasteiger charge is -2.28. The molecule has 0 atom stereocenters. The highest BCUT2D eigenvalue weighted by Crippen LogP contribution is 2.43. The fourth-order valence-corrected chi connectivity index (χ4v) is 9.88. The Labute approximate surface area is 385 Å². The minimum absolute atomic E-state index is 0.681. The van der Waals surface area contributed by atoms with Crippen molar-refractivity contribution in [1.82, 2.24) is 9.13 Å². The standard InChI is InChI=1S/C63H45N3/c1-44-19-7-6-18-35-64(61-32-30-49(42-59(44)61)45-20-8-2-9-21-45)54-40-52(48-26-14-5-15-27-48)41-55(43-54)66-62-29-17-16-28-56(62)57-31-33-60-58(63(57)66)34-36-65(60)53-38-50(46-22-10-3-11-23-46)37-51(39-53)47-24-12-4-13-25-47/h2-34,36-43H,1,35H2/b18-6-,19-7-. The Bertz CT molecular complexity index is 3610. The fraction of sp³-hybridized carbons (Fsp3) is 0.0159. The van der Waals surface area contributed by atoms with Crippen LogP contribution in [0.5, 0.6) is 0 Å². The van der Waals surface area contributed by atoms with Gasteiger partial charge in [-0.05, 0) is 117 Å². The molecule has 1 aliphatic heterocycles. The maximum atomic E-state index is 4.59. The SMILES string of the molecule is C=C1/C=C\C=C/CN(c2cc(-c3ccccc3)cc(-n3c4ccccc4c4ccc5c(ccn5-c5cc(-c6ccccc6)cc(-c6ccccc6)c5)c43)c2)c2ccc(-c3ccccc3)cc21. The smallest absolute Gasteiger partial charge is 0.0635 e. The zero-order chi connectivity index (χ0) is 44.0. The first-order valence-corrected chi connectivity index (χ1v) is 22.6. The highest BCUT2D eigenvalue weighted by molar-refractivity contribution is 6.18. The lowest BCUT2D eigenvalue weighted by Crippen LogP contribution is -2.18. The number of para-hydroxylation sites is 1. The second kappa shape index (κ2) is 16.5. The van der Waals surface area contributed by atoms with Crippen molar-refractivity contribution in [3.63, 3.8) is 0 Å². The van der Waals surface area contributed by atoms with Crippen molar-refractivity contribution >= 4 is 49.7 Å². The monoisotopic (exact) mass is 843 g/mol. The molecule has 3 nitrogen and oxygen atoms in total. The molecule has 12 rings (SSSR count). The number of fused-ring (bicyclic) bond motifs is 6. The summed E-state index contributed by atoms with van der Waals surface area (Å²) in [7, 11) is 0. The van der Waals surface area contributed by atoms with Crippen LogP contribution < -0.4 is 4.90 Å². The van der Waals surface area contributed by atoms with Crippen LogP contribution in [0.2, 0.25) is 0 Å². The Hall–Kier alpha value is -8.66. The molecule has 66 heavy (non-hydrogen) atoms. The predicted molar refractivity (Wildman–Crippen MR) is 280 cm³/mol. The molecule has 11 aromatic rings. The predicted octanol–water partition coefficient (Wildman–Crippen LogP) is 16.7. The molecule has 0 aliphatic carbocycles. The van der Waals surface area contributed by atoms with Gasteiger partial charge in [-0.15, -0.1) is 0 Å². The molecule has 3 heterocycles. The van der Waals surface area contributed by atoms with Gasteiger partial charge in [0.05, 0.1) is 16.6 Å². The van der Waals surface area contributed by atoms with Crippen molar-refractivity contribution < 1.29 is 0 Å². The van der Waals surface area contributed by atoms with Gasteiger partial charge >= 0.3 is 0 Å². The Balaban J connectivity index is 1.09. The van der Waals surface area contributed by atoms with Crippen molar-refractivity contribution in [3.8, 4) is 55.9 Å². The second-order valence-corrected chi connectivity index (χ2v) is 17.1. The Morgan fingerprint density at radius 1 is 0.379 bits per heavy atom. The molecule has 0 saturated heterocycles. The average Bonchev–Trinajstić information content (AvgIpc) is 3.99. The van der Waals surface area contributed by atoms with Crippen molar-refractivity contribution in [1.29, 1.82) is 0 Å². The van der Waals surface area contributed by atoms with Gasteiger partial charge < -0.3 is 14.0 Å². The first-order chi connectivity index (χ1) is 32.6. The van der Waals surface area contributed by atoms with E-state index in [1.54, 1.807) is 0 Å². The maximum absolute atomic E-state index is 4.59. The summed E-state index contributed by atoms with van der Waals surface area (Å²) >= 11 is 0. The molecule has 0 fully saturated rings. The van der Waals surface area contributed by atoms with Crippen molar-refractivity contribution in [3.05, 3.63) is 261 Å². The van der Waals surface area contributed by atoms with Gasteiger partial charge in [0.25, 0.3) is 0 Å². The summed E-state index contributed by atoms with van der Waals surface area (Å²) < 4.78 is 4.85. The largest absolute Gasteiger partial charge is 0.337 e. The van der Waals surface area contributed by atoms with E-state index in [9.17, 15) is 0 Å². The summed E-state index contributed by atoms with van der Waals surface area (Å²) in [5.41, 5.74) is 19.4. The number of nitrogens with zero attached hydrogens (tertiary/aromatic N) is 3. The molecule has 0 saturated carbocycles. The summed E-state index contributed by atoms with van der Waals surface area (Å²) in [5, 5.41) is 3.63. The van der Waals surface area contributed by atoms with Crippen LogP contribution in [0.25, 0.3) is 94.2 Å². The quantitative estimate of drug-likeness (QED) is 0.156. The van der Waals surface area contributed by atoms with Gasteiger partial charge in [-0.25, -0.2) is 0 Å². The summed E-state index contributed by atoms with van der Waals surface area (Å²) in [6, 6.07) is 79.4. The van der Waals surface area contributed by atoms with E-state index in [1.807, 2.05) is 0 Å². The Morgan fingerprint density at radius 3 is 1.62 bits per heavy atom. The number of hydrogen-bond acceptors (Lipinski definition) is 1. The lowest BCUT2D eigenvalue weighted by molar-refractivity contribution is 1.08. The van der Waals surface area contributed by atoms with E-state index in [0.29, 0.717) is 6.54 Å². The molecule has 0 radical (unpaired) electrons. The van der Waals surface area contributed by atoms with Gasteiger partial charge in [0.2, 0.25) is 0 Å². The van der Waals surface area contributed by atoms with E-state index in [0.717, 1.165) is 56.0 Å². The van der Waals surface area contributed by atoms with E-state index >= 15 is 0 Å². The molecule has 3 heteroatoms. The topological polar surface area (TPSA) is 13.1 Å². The molecule has 2 aromatic heterocycles. The summed E-state index contributed by atoms with van der Waals surface area (Å²) in [6.45, 7) is 5.27. The third-order valence-corrected chi connectivity index (χ3v) is 13.1. The average molecular weight is 844 g/mol.